The van der Waals surface area contributed by atoms with Gasteiger partial charge < -0.3 is 10.1 Å². The second kappa shape index (κ2) is 5.27. The Morgan fingerprint density at radius 1 is 1.37 bits per heavy atom. The van der Waals surface area contributed by atoms with Crippen LogP contribution in [0.3, 0.4) is 0 Å². The van der Waals surface area contributed by atoms with E-state index in [0.29, 0.717) is 18.1 Å². The molecule has 0 radical (unpaired) electrons. The van der Waals surface area contributed by atoms with Crippen LogP contribution in [0.5, 0.6) is 0 Å². The first kappa shape index (κ1) is 12.6. The quantitative estimate of drug-likeness (QED) is 0.917. The van der Waals surface area contributed by atoms with Gasteiger partial charge in [0.05, 0.1) is 6.10 Å². The first-order valence-electron chi connectivity index (χ1n) is 6.93. The van der Waals surface area contributed by atoms with Crippen molar-refractivity contribution < 1.29 is 4.74 Å². The molecule has 3 rings (SSSR count). The maximum Gasteiger partial charge on any atom is 0.0594 e. The van der Waals surface area contributed by atoms with E-state index in [4.69, 9.17) is 4.74 Å². The summed E-state index contributed by atoms with van der Waals surface area (Å²) in [5.74, 6) is 0.531. The number of ether oxygens (including phenoxy) is 1. The fraction of sp³-hybridized carbons (Fsp3) is 0.438. The molecule has 1 aliphatic rings. The number of aromatic nitrogens is 1. The molecule has 1 aliphatic heterocycles. The van der Waals surface area contributed by atoms with Crippen molar-refractivity contribution in [2.75, 3.05) is 13.7 Å². The molecular weight excluding hydrogens is 236 g/mol. The predicted octanol–water partition coefficient (Wildman–Crippen LogP) is 2.92. The third-order valence-corrected chi connectivity index (χ3v) is 4.22. The number of fused-ring (bicyclic) bond motifs is 1. The van der Waals surface area contributed by atoms with Crippen molar-refractivity contribution in [3.63, 3.8) is 0 Å². The molecular formula is C16H20N2O. The lowest BCUT2D eigenvalue weighted by molar-refractivity contribution is 0.0964. The van der Waals surface area contributed by atoms with Crippen molar-refractivity contribution in [1.29, 1.82) is 0 Å². The minimum Gasteiger partial charge on any atom is -0.378 e. The molecule has 1 fully saturated rings. The fourth-order valence-corrected chi connectivity index (χ4v) is 3.21. The van der Waals surface area contributed by atoms with Crippen LogP contribution in [0, 0.1) is 5.92 Å². The maximum atomic E-state index is 5.73. The van der Waals surface area contributed by atoms with Gasteiger partial charge in [-0.2, -0.15) is 0 Å². The fourth-order valence-electron chi connectivity index (χ4n) is 3.21. The first-order chi connectivity index (χ1) is 9.31. The van der Waals surface area contributed by atoms with E-state index in [-0.39, 0.29) is 0 Å². The van der Waals surface area contributed by atoms with Crippen molar-refractivity contribution in [3.8, 4) is 0 Å². The van der Waals surface area contributed by atoms with Crippen LogP contribution in [-0.4, -0.2) is 24.7 Å². The first-order valence-corrected chi connectivity index (χ1v) is 6.93. The Labute approximate surface area is 114 Å². The average Bonchev–Trinajstić information content (AvgIpc) is 2.86. The summed E-state index contributed by atoms with van der Waals surface area (Å²) in [7, 11) is 2.04. The molecule has 1 aromatic carbocycles. The lowest BCUT2D eigenvalue weighted by Gasteiger charge is -2.27. The molecule has 3 heteroatoms. The normalized spacial score (nSPS) is 24.7. The molecule has 3 atom stereocenters. The summed E-state index contributed by atoms with van der Waals surface area (Å²) in [5, 5.41) is 5.97. The zero-order chi connectivity index (χ0) is 13.2. The summed E-state index contributed by atoms with van der Waals surface area (Å²) < 4.78 is 5.73. The lowest BCUT2D eigenvalue weighted by Crippen LogP contribution is -2.29. The van der Waals surface area contributed by atoms with Crippen LogP contribution < -0.4 is 5.32 Å². The molecule has 0 amide bonds. The molecule has 0 aliphatic carbocycles. The molecule has 0 bridgehead atoms. The SMILES string of the molecule is CNC(c1cccc2cnccc12)C1CCOC1C. The number of hydrogen-bond acceptors (Lipinski definition) is 3. The summed E-state index contributed by atoms with van der Waals surface area (Å²) >= 11 is 0. The van der Waals surface area contributed by atoms with Crippen LogP contribution in [0.4, 0.5) is 0 Å². The molecule has 3 nitrogen and oxygen atoms in total. The van der Waals surface area contributed by atoms with Crippen LogP contribution in [0.2, 0.25) is 0 Å². The van der Waals surface area contributed by atoms with Gasteiger partial charge in [-0.15, -0.1) is 0 Å². The van der Waals surface area contributed by atoms with Crippen molar-refractivity contribution in [2.45, 2.75) is 25.5 Å². The van der Waals surface area contributed by atoms with Gasteiger partial charge in [0, 0.05) is 36.3 Å². The molecule has 19 heavy (non-hydrogen) atoms. The Balaban J connectivity index is 2.06. The second-order valence-corrected chi connectivity index (χ2v) is 5.24. The van der Waals surface area contributed by atoms with E-state index < -0.39 is 0 Å². The Kier molecular flexibility index (Phi) is 3.49. The van der Waals surface area contributed by atoms with Crippen molar-refractivity contribution in [2.24, 2.45) is 5.92 Å². The van der Waals surface area contributed by atoms with Gasteiger partial charge in [-0.3, -0.25) is 4.98 Å². The summed E-state index contributed by atoms with van der Waals surface area (Å²) in [4.78, 5) is 4.21. The highest BCUT2D eigenvalue weighted by Gasteiger charge is 2.32. The standard InChI is InChI=1S/C16H20N2O/c1-11-13(7-9-19-11)16(17-2)15-5-3-4-12-10-18-8-6-14(12)15/h3-6,8,10-11,13,16-17H,7,9H2,1-2H3. The molecule has 1 N–H and O–H groups in total. The maximum absolute atomic E-state index is 5.73. The van der Waals surface area contributed by atoms with E-state index in [0.717, 1.165) is 13.0 Å². The summed E-state index contributed by atoms with van der Waals surface area (Å²) in [5.41, 5.74) is 1.35. The van der Waals surface area contributed by atoms with Gasteiger partial charge in [0.25, 0.3) is 0 Å². The van der Waals surface area contributed by atoms with Crippen LogP contribution >= 0.6 is 0 Å². The third kappa shape index (κ3) is 2.24. The van der Waals surface area contributed by atoms with Gasteiger partial charge in [-0.05, 0) is 37.4 Å². The van der Waals surface area contributed by atoms with Gasteiger partial charge in [-0.1, -0.05) is 18.2 Å². The lowest BCUT2D eigenvalue weighted by atomic mass is 9.86. The molecule has 100 valence electrons. The largest absolute Gasteiger partial charge is 0.378 e. The smallest absolute Gasteiger partial charge is 0.0594 e. The summed E-state index contributed by atoms with van der Waals surface area (Å²) in [6.45, 7) is 3.05. The summed E-state index contributed by atoms with van der Waals surface area (Å²) in [6, 6.07) is 8.89. The Morgan fingerprint density at radius 2 is 2.26 bits per heavy atom. The molecule has 0 saturated carbocycles. The average molecular weight is 256 g/mol. The topological polar surface area (TPSA) is 34.2 Å². The van der Waals surface area contributed by atoms with Crippen molar-refractivity contribution >= 4 is 10.8 Å². The van der Waals surface area contributed by atoms with E-state index in [9.17, 15) is 0 Å². The van der Waals surface area contributed by atoms with Gasteiger partial charge in [0.1, 0.15) is 0 Å². The minimum atomic E-state index is 0.314. The zero-order valence-electron chi connectivity index (χ0n) is 11.5. The summed E-state index contributed by atoms with van der Waals surface area (Å²) in [6.07, 6.45) is 5.23. The molecule has 2 aromatic rings. The van der Waals surface area contributed by atoms with Crippen LogP contribution in [0.1, 0.15) is 24.9 Å². The van der Waals surface area contributed by atoms with Gasteiger partial charge in [-0.25, -0.2) is 0 Å². The number of pyridine rings is 1. The van der Waals surface area contributed by atoms with Crippen molar-refractivity contribution in [1.82, 2.24) is 10.3 Å². The van der Waals surface area contributed by atoms with Crippen molar-refractivity contribution in [3.05, 3.63) is 42.2 Å². The molecule has 3 unspecified atom stereocenters. The number of benzene rings is 1. The third-order valence-electron chi connectivity index (χ3n) is 4.22. The van der Waals surface area contributed by atoms with E-state index in [1.807, 2.05) is 19.4 Å². The Morgan fingerprint density at radius 3 is 3.00 bits per heavy atom. The number of nitrogens with one attached hydrogen (secondary N) is 1. The Hall–Kier alpha value is -1.45. The van der Waals surface area contributed by atoms with Crippen LogP contribution in [0.25, 0.3) is 10.8 Å². The van der Waals surface area contributed by atoms with Crippen LogP contribution in [0.15, 0.2) is 36.7 Å². The number of hydrogen-bond donors (Lipinski definition) is 1. The van der Waals surface area contributed by atoms with Gasteiger partial charge in [0.15, 0.2) is 0 Å². The van der Waals surface area contributed by atoms with E-state index in [1.54, 1.807) is 0 Å². The molecule has 2 heterocycles. The number of nitrogens with zero attached hydrogens (tertiary/aromatic N) is 1. The molecule has 0 spiro atoms. The van der Waals surface area contributed by atoms with Gasteiger partial charge in [0.2, 0.25) is 0 Å². The Bertz CT molecular complexity index is 564. The highest BCUT2D eigenvalue weighted by Crippen LogP contribution is 2.35. The molecule has 1 aromatic heterocycles. The predicted molar refractivity (Wildman–Crippen MR) is 77.1 cm³/mol. The van der Waals surface area contributed by atoms with Crippen LogP contribution in [-0.2, 0) is 4.74 Å². The second-order valence-electron chi connectivity index (χ2n) is 5.24. The van der Waals surface area contributed by atoms with E-state index in [1.165, 1.54) is 16.3 Å². The highest BCUT2D eigenvalue weighted by atomic mass is 16.5. The highest BCUT2D eigenvalue weighted by molar-refractivity contribution is 5.85. The number of rotatable bonds is 3. The monoisotopic (exact) mass is 256 g/mol. The zero-order valence-corrected chi connectivity index (χ0v) is 11.5. The minimum absolute atomic E-state index is 0.314. The van der Waals surface area contributed by atoms with Gasteiger partial charge >= 0.3 is 0 Å². The molecule has 1 saturated heterocycles. The van der Waals surface area contributed by atoms with E-state index in [2.05, 4.69) is 41.5 Å². The van der Waals surface area contributed by atoms with E-state index >= 15 is 0 Å².